The van der Waals surface area contributed by atoms with Crippen LogP contribution in [0, 0.1) is 24.6 Å². The van der Waals surface area contributed by atoms with Crippen molar-refractivity contribution in [2.24, 2.45) is 11.8 Å². The molecular formula is C27H43FN4O5. The molecule has 1 aromatic carbocycles. The number of urea groups is 1. The fourth-order valence-electron chi connectivity index (χ4n) is 5.43. The van der Waals surface area contributed by atoms with E-state index in [0.29, 0.717) is 24.6 Å². The van der Waals surface area contributed by atoms with Crippen molar-refractivity contribution in [2.45, 2.75) is 58.1 Å². The Morgan fingerprint density at radius 3 is 2.70 bits per heavy atom. The van der Waals surface area contributed by atoms with E-state index in [2.05, 4.69) is 12.3 Å². The van der Waals surface area contributed by atoms with Crippen LogP contribution in [0.25, 0.3) is 0 Å². The number of nitrogens with zero attached hydrogens (tertiary/aromatic N) is 3. The summed E-state index contributed by atoms with van der Waals surface area (Å²) in [6.07, 6.45) is 2.88. The molecule has 37 heavy (non-hydrogen) atoms. The van der Waals surface area contributed by atoms with E-state index >= 15 is 0 Å². The quantitative estimate of drug-likeness (QED) is 0.446. The van der Waals surface area contributed by atoms with Gasteiger partial charge in [-0.1, -0.05) is 17.7 Å². The summed E-state index contributed by atoms with van der Waals surface area (Å²) in [5, 5.41) is 10.9. The number of hydrogen-bond acceptors (Lipinski definition) is 5. The first-order valence-electron chi connectivity index (χ1n) is 13.4. The van der Waals surface area contributed by atoms with Crippen LogP contribution in [-0.4, -0.2) is 91.6 Å². The SMILES string of the molecule is CNN(C(=O)N1CCC[C@H]([C@@H](OCCN(C)C(=O)O)c2cc(C)ccc2F)C1)[C@H](C)CC1CCOCC1. The zero-order chi connectivity index (χ0) is 26.9. The molecule has 3 atom stereocenters. The summed E-state index contributed by atoms with van der Waals surface area (Å²) >= 11 is 0. The molecule has 2 aliphatic rings. The Labute approximate surface area is 219 Å². The molecule has 3 rings (SSSR count). The number of carbonyl (C=O) groups is 2. The monoisotopic (exact) mass is 522 g/mol. The molecule has 0 aromatic heterocycles. The number of amides is 3. The third kappa shape index (κ3) is 8.02. The summed E-state index contributed by atoms with van der Waals surface area (Å²) in [4.78, 5) is 27.8. The van der Waals surface area contributed by atoms with Crippen molar-refractivity contribution in [3.63, 3.8) is 0 Å². The summed E-state index contributed by atoms with van der Waals surface area (Å²) in [5.41, 5.74) is 4.47. The van der Waals surface area contributed by atoms with Gasteiger partial charge in [-0.15, -0.1) is 0 Å². The molecule has 1 aromatic rings. The fourth-order valence-corrected chi connectivity index (χ4v) is 5.43. The summed E-state index contributed by atoms with van der Waals surface area (Å²) in [7, 11) is 3.25. The van der Waals surface area contributed by atoms with E-state index in [1.165, 1.54) is 13.1 Å². The molecule has 0 unspecified atom stereocenters. The van der Waals surface area contributed by atoms with Gasteiger partial charge in [-0.25, -0.2) is 19.4 Å². The maximum absolute atomic E-state index is 15.0. The lowest BCUT2D eigenvalue weighted by molar-refractivity contribution is -0.0210. The molecule has 2 aliphatic heterocycles. The van der Waals surface area contributed by atoms with Crippen molar-refractivity contribution in [3.05, 3.63) is 35.1 Å². The Morgan fingerprint density at radius 2 is 2.03 bits per heavy atom. The van der Waals surface area contributed by atoms with Crippen molar-refractivity contribution in [3.8, 4) is 0 Å². The van der Waals surface area contributed by atoms with Gasteiger partial charge in [0.05, 0.1) is 12.7 Å². The van der Waals surface area contributed by atoms with E-state index < -0.39 is 12.2 Å². The molecule has 10 heteroatoms. The first-order valence-corrected chi connectivity index (χ1v) is 13.4. The first kappa shape index (κ1) is 29.1. The van der Waals surface area contributed by atoms with E-state index in [-0.39, 0.29) is 37.0 Å². The Hall–Kier alpha value is -2.43. The lowest BCUT2D eigenvalue weighted by Gasteiger charge is -2.41. The van der Waals surface area contributed by atoms with Crippen molar-refractivity contribution in [1.82, 2.24) is 20.2 Å². The average Bonchev–Trinajstić information content (AvgIpc) is 2.89. The summed E-state index contributed by atoms with van der Waals surface area (Å²) in [6.45, 7) is 6.89. The molecule has 2 fully saturated rings. The van der Waals surface area contributed by atoms with Gasteiger partial charge in [0.15, 0.2) is 0 Å². The van der Waals surface area contributed by atoms with Gasteiger partial charge in [0.25, 0.3) is 0 Å². The number of aryl methyl sites for hydroxylation is 1. The highest BCUT2D eigenvalue weighted by Gasteiger charge is 2.35. The van der Waals surface area contributed by atoms with Crippen molar-refractivity contribution >= 4 is 12.1 Å². The Bertz CT molecular complexity index is 898. The van der Waals surface area contributed by atoms with Crippen LogP contribution in [0.1, 0.15) is 56.3 Å². The molecule has 9 nitrogen and oxygen atoms in total. The minimum atomic E-state index is -1.04. The Morgan fingerprint density at radius 1 is 1.30 bits per heavy atom. The van der Waals surface area contributed by atoms with Crippen molar-refractivity contribution in [1.29, 1.82) is 0 Å². The van der Waals surface area contributed by atoms with E-state index in [1.54, 1.807) is 24.2 Å². The molecule has 0 saturated carbocycles. The third-order valence-corrected chi connectivity index (χ3v) is 7.57. The number of nitrogens with one attached hydrogen (secondary N) is 1. The second-order valence-electron chi connectivity index (χ2n) is 10.4. The van der Waals surface area contributed by atoms with E-state index in [4.69, 9.17) is 14.6 Å². The standard InChI is InChI=1S/C27H43FN4O5/c1-19-7-8-24(28)23(16-19)25(37-15-12-30(4)27(34)35)22-6-5-11-31(18-22)26(33)32(29-3)20(2)17-21-9-13-36-14-10-21/h7-8,16,20-22,25,29H,5-6,9-15,17-18H2,1-4H3,(H,34,35)/t20-,22+,25-/m1/s1. The topological polar surface area (TPSA) is 94.6 Å². The number of piperidine rings is 1. The lowest BCUT2D eigenvalue weighted by atomic mass is 9.87. The van der Waals surface area contributed by atoms with Gasteiger partial charge in [0.1, 0.15) is 5.82 Å². The molecule has 2 heterocycles. The second-order valence-corrected chi connectivity index (χ2v) is 10.4. The van der Waals surface area contributed by atoms with E-state index in [0.717, 1.165) is 55.8 Å². The highest BCUT2D eigenvalue weighted by atomic mass is 19.1. The molecule has 0 aliphatic carbocycles. The van der Waals surface area contributed by atoms with Crippen LogP contribution >= 0.6 is 0 Å². The van der Waals surface area contributed by atoms with Gasteiger partial charge in [-0.3, -0.25) is 5.01 Å². The van der Waals surface area contributed by atoms with Gasteiger partial charge in [-0.05, 0) is 57.9 Å². The molecule has 0 bridgehead atoms. The van der Waals surface area contributed by atoms with Crippen LogP contribution in [0.3, 0.4) is 0 Å². The zero-order valence-electron chi connectivity index (χ0n) is 22.6. The highest BCUT2D eigenvalue weighted by Crippen LogP contribution is 2.35. The molecule has 2 N–H and O–H groups in total. The van der Waals surface area contributed by atoms with Crippen LogP contribution < -0.4 is 5.43 Å². The number of carboxylic acid groups (broad SMARTS) is 1. The predicted molar refractivity (Wildman–Crippen MR) is 139 cm³/mol. The van der Waals surface area contributed by atoms with Gasteiger partial charge in [0, 0.05) is 64.5 Å². The molecular weight excluding hydrogens is 479 g/mol. The molecule has 2 saturated heterocycles. The normalized spacial score (nSPS) is 20.4. The van der Waals surface area contributed by atoms with Crippen molar-refractivity contribution in [2.75, 3.05) is 53.6 Å². The molecule has 208 valence electrons. The lowest BCUT2D eigenvalue weighted by Crippen LogP contribution is -2.55. The highest BCUT2D eigenvalue weighted by molar-refractivity contribution is 5.74. The predicted octanol–water partition coefficient (Wildman–Crippen LogP) is 4.28. The van der Waals surface area contributed by atoms with E-state index in [9.17, 15) is 14.0 Å². The smallest absolute Gasteiger partial charge is 0.407 e. The number of hydrogen-bond donors (Lipinski definition) is 2. The number of carbonyl (C=O) groups excluding carboxylic acids is 1. The van der Waals surface area contributed by atoms with Gasteiger partial charge in [0.2, 0.25) is 0 Å². The third-order valence-electron chi connectivity index (χ3n) is 7.57. The fraction of sp³-hybridized carbons (Fsp3) is 0.704. The minimum Gasteiger partial charge on any atom is -0.465 e. The van der Waals surface area contributed by atoms with Gasteiger partial charge < -0.3 is 24.4 Å². The maximum Gasteiger partial charge on any atom is 0.407 e. The van der Waals surface area contributed by atoms with E-state index in [1.807, 2.05) is 11.8 Å². The maximum atomic E-state index is 15.0. The van der Waals surface area contributed by atoms with Gasteiger partial charge >= 0.3 is 12.1 Å². The summed E-state index contributed by atoms with van der Waals surface area (Å²) in [6, 6.07) is 4.89. The number of halogens is 1. The van der Waals surface area contributed by atoms with Crippen LogP contribution in [0.15, 0.2) is 18.2 Å². The second kappa shape index (κ2) is 13.9. The number of rotatable bonds is 10. The zero-order valence-corrected chi connectivity index (χ0v) is 22.6. The average molecular weight is 523 g/mol. The van der Waals surface area contributed by atoms with Crippen LogP contribution in [0.5, 0.6) is 0 Å². The number of ether oxygens (including phenoxy) is 2. The van der Waals surface area contributed by atoms with Crippen LogP contribution in [0.4, 0.5) is 14.0 Å². The Kier molecular flexibility index (Phi) is 11.0. The minimum absolute atomic E-state index is 0.0220. The number of benzene rings is 1. The first-order chi connectivity index (χ1) is 17.7. The number of hydrazine groups is 1. The van der Waals surface area contributed by atoms with Crippen molar-refractivity contribution < 1.29 is 28.6 Å². The molecule has 0 radical (unpaired) electrons. The van der Waals surface area contributed by atoms with Crippen LogP contribution in [-0.2, 0) is 9.47 Å². The summed E-state index contributed by atoms with van der Waals surface area (Å²) in [5.74, 6) is 0.0636. The molecule has 0 spiro atoms. The number of likely N-dealkylation sites (tertiary alicyclic amines) is 1. The number of likely N-dealkylation sites (N-methyl/N-ethyl adjacent to an activating group) is 1. The van der Waals surface area contributed by atoms with Crippen LogP contribution in [0.2, 0.25) is 0 Å². The Balaban J connectivity index is 1.72. The molecule has 3 amide bonds. The summed E-state index contributed by atoms with van der Waals surface area (Å²) < 4.78 is 26.6. The largest absolute Gasteiger partial charge is 0.465 e. The van der Waals surface area contributed by atoms with Gasteiger partial charge in [-0.2, -0.15) is 0 Å².